The van der Waals surface area contributed by atoms with Crippen molar-refractivity contribution in [3.63, 3.8) is 0 Å². The van der Waals surface area contributed by atoms with Crippen LogP contribution in [0.2, 0.25) is 0 Å². The van der Waals surface area contributed by atoms with Gasteiger partial charge >= 0.3 is 0 Å². The lowest BCUT2D eigenvalue weighted by atomic mass is 9.77. The van der Waals surface area contributed by atoms with Crippen molar-refractivity contribution >= 4 is 28.2 Å². The minimum absolute atomic E-state index is 0.0429. The summed E-state index contributed by atoms with van der Waals surface area (Å²) >= 11 is 1.34. The van der Waals surface area contributed by atoms with Crippen LogP contribution in [-0.2, 0) is 14.3 Å². The van der Waals surface area contributed by atoms with Gasteiger partial charge in [-0.1, -0.05) is 43.2 Å². The molecule has 3 aliphatic rings. The summed E-state index contributed by atoms with van der Waals surface area (Å²) < 4.78 is 12.0. The van der Waals surface area contributed by atoms with E-state index in [1.54, 1.807) is 4.90 Å². The molecule has 0 N–H and O–H groups in total. The Morgan fingerprint density at radius 3 is 2.66 bits per heavy atom. The van der Waals surface area contributed by atoms with E-state index in [1.807, 2.05) is 31.2 Å². The number of aromatic nitrogens is 2. The van der Waals surface area contributed by atoms with Gasteiger partial charge in [-0.3, -0.25) is 14.5 Å². The number of hydrogen-bond donors (Lipinski definition) is 0. The van der Waals surface area contributed by atoms with Gasteiger partial charge < -0.3 is 9.47 Å². The van der Waals surface area contributed by atoms with E-state index in [0.717, 1.165) is 54.8 Å². The van der Waals surface area contributed by atoms with Crippen molar-refractivity contribution in [1.82, 2.24) is 10.2 Å². The van der Waals surface area contributed by atoms with Gasteiger partial charge in [0.1, 0.15) is 16.9 Å². The maximum atomic E-state index is 13.6. The molecule has 1 aromatic heterocycles. The molecular formula is C24H27N3O4S. The van der Waals surface area contributed by atoms with Crippen LogP contribution < -0.4 is 9.64 Å². The van der Waals surface area contributed by atoms with Crippen LogP contribution in [0.15, 0.2) is 35.6 Å². The van der Waals surface area contributed by atoms with E-state index in [1.165, 1.54) is 11.3 Å². The number of unbranched alkanes of at least 4 members (excludes halogenated alkanes) is 1. The van der Waals surface area contributed by atoms with Gasteiger partial charge in [-0.05, 0) is 50.3 Å². The van der Waals surface area contributed by atoms with Crippen LogP contribution in [-0.4, -0.2) is 34.6 Å². The average Bonchev–Trinajstić information content (AvgIpc) is 3.36. The van der Waals surface area contributed by atoms with Crippen LogP contribution in [0.25, 0.3) is 0 Å². The number of ether oxygens (including phenoxy) is 2. The molecule has 3 atom stereocenters. The Balaban J connectivity index is 1.54. The number of hydrogen-bond acceptors (Lipinski definition) is 7. The summed E-state index contributed by atoms with van der Waals surface area (Å²) in [4.78, 5) is 28.7. The Bertz CT molecular complexity index is 1060. The van der Waals surface area contributed by atoms with E-state index < -0.39 is 6.04 Å². The van der Waals surface area contributed by atoms with Gasteiger partial charge in [0.2, 0.25) is 5.13 Å². The van der Waals surface area contributed by atoms with Gasteiger partial charge in [0.05, 0.1) is 24.1 Å². The number of aryl methyl sites for hydroxylation is 1. The van der Waals surface area contributed by atoms with E-state index in [2.05, 4.69) is 17.1 Å². The van der Waals surface area contributed by atoms with Crippen LogP contribution >= 0.6 is 11.3 Å². The second-order valence-corrected chi connectivity index (χ2v) is 9.77. The third-order valence-electron chi connectivity index (χ3n) is 6.45. The third-order valence-corrected chi connectivity index (χ3v) is 7.29. The maximum Gasteiger partial charge on any atom is 0.296 e. The van der Waals surface area contributed by atoms with Crippen molar-refractivity contribution in [2.24, 2.45) is 5.92 Å². The first-order valence-corrected chi connectivity index (χ1v) is 12.2. The number of ketones is 1. The molecule has 7 nitrogen and oxygen atoms in total. The highest BCUT2D eigenvalue weighted by Crippen LogP contribution is 2.48. The molecule has 3 heterocycles. The molecule has 32 heavy (non-hydrogen) atoms. The molecule has 1 aromatic carbocycles. The van der Waals surface area contributed by atoms with Crippen molar-refractivity contribution in [2.75, 3.05) is 11.5 Å². The fourth-order valence-electron chi connectivity index (χ4n) is 4.82. The molecular weight excluding hydrogens is 426 g/mol. The van der Waals surface area contributed by atoms with Crippen LogP contribution in [0.3, 0.4) is 0 Å². The maximum absolute atomic E-state index is 13.6. The highest BCUT2D eigenvalue weighted by molar-refractivity contribution is 7.15. The topological polar surface area (TPSA) is 81.6 Å². The molecule has 2 aromatic rings. The van der Waals surface area contributed by atoms with Gasteiger partial charge in [-0.15, -0.1) is 10.2 Å². The zero-order valence-corrected chi connectivity index (χ0v) is 19.2. The monoisotopic (exact) mass is 453 g/mol. The molecule has 1 saturated carbocycles. The minimum Gasteiger partial charge on any atom is -0.494 e. The summed E-state index contributed by atoms with van der Waals surface area (Å²) in [6.45, 7) is 4.64. The lowest BCUT2D eigenvalue weighted by Gasteiger charge is -2.35. The van der Waals surface area contributed by atoms with E-state index in [-0.39, 0.29) is 29.5 Å². The zero-order chi connectivity index (χ0) is 22.2. The predicted molar refractivity (Wildman–Crippen MR) is 121 cm³/mol. The first-order chi connectivity index (χ1) is 15.6. The fourth-order valence-corrected chi connectivity index (χ4v) is 5.54. The zero-order valence-electron chi connectivity index (χ0n) is 18.4. The van der Waals surface area contributed by atoms with Crippen molar-refractivity contribution in [2.45, 2.75) is 64.5 Å². The summed E-state index contributed by atoms with van der Waals surface area (Å²) in [6.07, 6.45) is 5.52. The van der Waals surface area contributed by atoms with Crippen LogP contribution in [0, 0.1) is 12.8 Å². The van der Waals surface area contributed by atoms with Crippen LogP contribution in [0.4, 0.5) is 5.13 Å². The van der Waals surface area contributed by atoms with Gasteiger partial charge in [0.25, 0.3) is 5.91 Å². The van der Waals surface area contributed by atoms with E-state index >= 15 is 0 Å². The highest BCUT2D eigenvalue weighted by Gasteiger charge is 2.53. The number of carbonyl (C=O) groups excluding carboxylic acids is 2. The summed E-state index contributed by atoms with van der Waals surface area (Å²) in [7, 11) is 0. The van der Waals surface area contributed by atoms with Crippen LogP contribution in [0.5, 0.6) is 5.75 Å². The molecule has 1 fully saturated rings. The molecule has 1 amide bonds. The molecule has 2 aliphatic heterocycles. The number of nitrogens with zero attached hydrogens (tertiary/aromatic N) is 3. The Kier molecular flexibility index (Phi) is 5.71. The Morgan fingerprint density at radius 1 is 1.16 bits per heavy atom. The van der Waals surface area contributed by atoms with Crippen LogP contribution in [0.1, 0.15) is 62.1 Å². The summed E-state index contributed by atoms with van der Waals surface area (Å²) in [5.74, 6) is 0.533. The molecule has 3 unspecified atom stereocenters. The molecule has 0 spiro atoms. The number of fused-ring (bicyclic) bond motifs is 1. The van der Waals surface area contributed by atoms with E-state index in [9.17, 15) is 9.59 Å². The second kappa shape index (κ2) is 8.65. The third kappa shape index (κ3) is 3.60. The molecule has 168 valence electrons. The van der Waals surface area contributed by atoms with Crippen molar-refractivity contribution in [3.8, 4) is 5.75 Å². The normalized spacial score (nSPS) is 24.9. The molecule has 8 heteroatoms. The number of amides is 1. The minimum atomic E-state index is -0.565. The SMILES string of the molecule is CCCCOc1ccc(C2C3=C(OC4CCCCC4C3=O)C(=O)N2c2nnc(C)s2)cc1. The second-order valence-electron chi connectivity index (χ2n) is 8.61. The standard InChI is InChI=1S/C24H27N3O4S/c1-3-4-13-30-16-11-9-15(10-12-16)20-19-21(28)17-7-5-6-8-18(17)31-22(19)23(29)27(20)24-26-25-14(2)32-24/h9-12,17-18,20H,3-8,13H2,1-2H3. The van der Waals surface area contributed by atoms with Crippen molar-refractivity contribution < 1.29 is 19.1 Å². The largest absolute Gasteiger partial charge is 0.494 e. The first kappa shape index (κ1) is 21.1. The number of Topliss-reactive ketones (excluding diaryl/α,β-unsaturated/α-hetero) is 1. The quantitative estimate of drug-likeness (QED) is 0.598. The summed E-state index contributed by atoms with van der Waals surface area (Å²) in [6, 6.07) is 7.08. The summed E-state index contributed by atoms with van der Waals surface area (Å²) in [5.41, 5.74) is 1.30. The van der Waals surface area contributed by atoms with Crippen molar-refractivity contribution in [1.29, 1.82) is 0 Å². The number of carbonyl (C=O) groups is 2. The fraction of sp³-hybridized carbons (Fsp3) is 0.500. The molecule has 1 aliphatic carbocycles. The predicted octanol–water partition coefficient (Wildman–Crippen LogP) is 4.53. The highest BCUT2D eigenvalue weighted by atomic mass is 32.1. The number of benzene rings is 1. The van der Waals surface area contributed by atoms with Gasteiger partial charge in [0.15, 0.2) is 11.5 Å². The number of rotatable bonds is 6. The summed E-state index contributed by atoms with van der Waals surface area (Å²) in [5, 5.41) is 9.56. The Hall–Kier alpha value is -2.74. The first-order valence-electron chi connectivity index (χ1n) is 11.4. The van der Waals surface area contributed by atoms with Gasteiger partial charge in [-0.2, -0.15) is 0 Å². The van der Waals surface area contributed by atoms with Crippen molar-refractivity contribution in [3.05, 3.63) is 46.2 Å². The van der Waals surface area contributed by atoms with E-state index in [0.29, 0.717) is 17.3 Å². The van der Waals surface area contributed by atoms with Gasteiger partial charge in [-0.25, -0.2) is 0 Å². The van der Waals surface area contributed by atoms with E-state index in [4.69, 9.17) is 9.47 Å². The molecule has 0 saturated heterocycles. The van der Waals surface area contributed by atoms with Gasteiger partial charge in [0, 0.05) is 0 Å². The average molecular weight is 454 g/mol. The Labute approximate surface area is 191 Å². The lowest BCUT2D eigenvalue weighted by molar-refractivity contribution is -0.131. The smallest absolute Gasteiger partial charge is 0.296 e. The number of anilines is 1. The molecule has 5 rings (SSSR count). The lowest BCUT2D eigenvalue weighted by Crippen LogP contribution is -2.39. The molecule has 0 radical (unpaired) electrons. The Morgan fingerprint density at radius 2 is 1.94 bits per heavy atom. The molecule has 0 bridgehead atoms.